The highest BCUT2D eigenvalue weighted by Crippen LogP contribution is 2.38. The molecule has 0 spiro atoms. The lowest BCUT2D eigenvalue weighted by Crippen LogP contribution is -2.15. The molecule has 1 aromatic carbocycles. The highest BCUT2D eigenvalue weighted by Gasteiger charge is 2.37. The Hall–Kier alpha value is -1.87. The van der Waals surface area contributed by atoms with Gasteiger partial charge in [0.2, 0.25) is 0 Å². The molecule has 0 saturated carbocycles. The molecule has 24 heavy (non-hydrogen) atoms. The van der Waals surface area contributed by atoms with Crippen molar-refractivity contribution in [1.82, 2.24) is 4.98 Å². The first-order chi connectivity index (χ1) is 11.1. The summed E-state index contributed by atoms with van der Waals surface area (Å²) in [5.74, 6) is 0. The quantitative estimate of drug-likeness (QED) is 0.832. The van der Waals surface area contributed by atoms with Crippen LogP contribution in [0.15, 0.2) is 24.3 Å². The Balaban J connectivity index is 2.76. The number of nitrogens with zero attached hydrogens (tertiary/aromatic N) is 1. The van der Waals surface area contributed by atoms with Crippen LogP contribution >= 0.6 is 0 Å². The van der Waals surface area contributed by atoms with Crippen LogP contribution in [-0.4, -0.2) is 23.3 Å². The molecule has 2 rings (SSSR count). The predicted octanol–water partition coefficient (Wildman–Crippen LogP) is 4.34. The summed E-state index contributed by atoms with van der Waals surface area (Å²) in [7, 11) is 0. The van der Waals surface area contributed by atoms with Crippen LogP contribution < -0.4 is 0 Å². The average molecular weight is 353 g/mol. The van der Waals surface area contributed by atoms with Crippen molar-refractivity contribution in [3.8, 4) is 0 Å². The van der Waals surface area contributed by atoms with E-state index in [9.17, 15) is 31.4 Å². The van der Waals surface area contributed by atoms with E-state index in [1.165, 1.54) is 6.07 Å². The van der Waals surface area contributed by atoms with Crippen LogP contribution in [0.2, 0.25) is 0 Å². The molecule has 0 saturated heterocycles. The van der Waals surface area contributed by atoms with Crippen molar-refractivity contribution >= 4 is 10.9 Å². The van der Waals surface area contributed by atoms with Crippen molar-refractivity contribution in [2.24, 2.45) is 0 Å². The van der Waals surface area contributed by atoms with E-state index in [1.807, 2.05) is 0 Å². The van der Waals surface area contributed by atoms with E-state index in [1.54, 1.807) is 6.92 Å². The molecular weight excluding hydrogens is 340 g/mol. The van der Waals surface area contributed by atoms with Crippen LogP contribution in [0.4, 0.5) is 26.3 Å². The number of aliphatic hydroxyl groups excluding tert-OH is 1. The van der Waals surface area contributed by atoms with Gasteiger partial charge in [-0.05, 0) is 24.6 Å². The molecule has 1 aromatic heterocycles. The normalized spacial score (nSPS) is 14.2. The van der Waals surface area contributed by atoms with E-state index in [0.717, 1.165) is 6.07 Å². The molecule has 0 radical (unpaired) electrons. The van der Waals surface area contributed by atoms with Gasteiger partial charge in [0.25, 0.3) is 0 Å². The monoisotopic (exact) mass is 353 g/mol. The van der Waals surface area contributed by atoms with E-state index in [0.29, 0.717) is 12.1 Å². The number of halogens is 6. The Morgan fingerprint density at radius 3 is 2.33 bits per heavy atom. The molecule has 1 atom stereocenters. The molecule has 9 heteroatoms. The van der Waals surface area contributed by atoms with E-state index in [-0.39, 0.29) is 24.2 Å². The lowest BCUT2D eigenvalue weighted by atomic mass is 10.00. The van der Waals surface area contributed by atoms with Gasteiger partial charge in [-0.15, -0.1) is 0 Å². The maximum Gasteiger partial charge on any atom is 0.433 e. The van der Waals surface area contributed by atoms with E-state index in [2.05, 4.69) is 4.98 Å². The molecule has 0 aliphatic carbocycles. The van der Waals surface area contributed by atoms with Crippen molar-refractivity contribution < 1.29 is 36.2 Å². The standard InChI is InChI=1S/C15H13F6NO2/c1-2-24-7-11(23)9-6-12(15(19,20)21)22-13-8(9)4-3-5-10(13)14(16,17)18/h3-6,11,23H,2,7H2,1H3. The van der Waals surface area contributed by atoms with E-state index < -0.39 is 35.2 Å². The first-order valence-electron chi connectivity index (χ1n) is 6.89. The van der Waals surface area contributed by atoms with E-state index in [4.69, 9.17) is 4.74 Å². The highest BCUT2D eigenvalue weighted by atomic mass is 19.4. The highest BCUT2D eigenvalue weighted by molar-refractivity contribution is 5.86. The Labute approximate surface area is 132 Å². The maximum absolute atomic E-state index is 13.1. The van der Waals surface area contributed by atoms with Gasteiger partial charge >= 0.3 is 12.4 Å². The number of para-hydroxylation sites is 1. The fourth-order valence-electron chi connectivity index (χ4n) is 2.24. The minimum atomic E-state index is -4.95. The lowest BCUT2D eigenvalue weighted by Gasteiger charge is -2.18. The number of hydrogen-bond donors (Lipinski definition) is 1. The topological polar surface area (TPSA) is 42.4 Å². The van der Waals surface area contributed by atoms with Crippen LogP contribution in [-0.2, 0) is 17.1 Å². The number of benzene rings is 1. The Morgan fingerprint density at radius 1 is 1.12 bits per heavy atom. The number of aromatic nitrogens is 1. The second-order valence-corrected chi connectivity index (χ2v) is 4.97. The third-order valence-electron chi connectivity index (χ3n) is 3.31. The van der Waals surface area contributed by atoms with Gasteiger partial charge in [-0.2, -0.15) is 26.3 Å². The summed E-state index contributed by atoms with van der Waals surface area (Å²) in [5, 5.41) is 9.83. The lowest BCUT2D eigenvalue weighted by molar-refractivity contribution is -0.142. The van der Waals surface area contributed by atoms with Crippen molar-refractivity contribution in [3.05, 3.63) is 41.1 Å². The van der Waals surface area contributed by atoms with Gasteiger partial charge in [0.15, 0.2) is 0 Å². The molecule has 1 unspecified atom stereocenters. The fraction of sp³-hybridized carbons (Fsp3) is 0.400. The second kappa shape index (κ2) is 6.56. The minimum absolute atomic E-state index is 0.194. The Morgan fingerprint density at radius 2 is 1.79 bits per heavy atom. The molecule has 3 nitrogen and oxygen atoms in total. The number of ether oxygens (including phenoxy) is 1. The Kier molecular flexibility index (Phi) is 5.05. The molecule has 1 heterocycles. The van der Waals surface area contributed by atoms with Crippen molar-refractivity contribution in [2.45, 2.75) is 25.4 Å². The number of hydrogen-bond acceptors (Lipinski definition) is 3. The van der Waals surface area contributed by atoms with Gasteiger partial charge in [0.1, 0.15) is 11.8 Å². The van der Waals surface area contributed by atoms with Gasteiger partial charge in [0.05, 0.1) is 17.7 Å². The molecule has 132 valence electrons. The maximum atomic E-state index is 13.1. The van der Waals surface area contributed by atoms with Crippen LogP contribution in [0, 0.1) is 0 Å². The number of aliphatic hydroxyl groups is 1. The zero-order valence-electron chi connectivity index (χ0n) is 12.4. The second-order valence-electron chi connectivity index (χ2n) is 4.97. The van der Waals surface area contributed by atoms with Crippen molar-refractivity contribution in [2.75, 3.05) is 13.2 Å². The van der Waals surface area contributed by atoms with Gasteiger partial charge in [0, 0.05) is 12.0 Å². The summed E-state index contributed by atoms with van der Waals surface area (Å²) in [6, 6.07) is 3.43. The van der Waals surface area contributed by atoms with Gasteiger partial charge in [-0.25, -0.2) is 4.98 Å². The first kappa shape index (κ1) is 18.5. The van der Waals surface area contributed by atoms with E-state index >= 15 is 0 Å². The van der Waals surface area contributed by atoms with Crippen LogP contribution in [0.1, 0.15) is 29.8 Å². The summed E-state index contributed by atoms with van der Waals surface area (Å²) in [6.07, 6.45) is -11.3. The van der Waals surface area contributed by atoms with Crippen LogP contribution in [0.25, 0.3) is 10.9 Å². The fourth-order valence-corrected chi connectivity index (χ4v) is 2.24. The molecule has 0 fully saturated rings. The van der Waals surface area contributed by atoms with Crippen LogP contribution in [0.5, 0.6) is 0 Å². The molecular formula is C15H13F6NO2. The number of rotatable bonds is 4. The third kappa shape index (κ3) is 3.78. The number of pyridine rings is 1. The average Bonchev–Trinajstić information content (AvgIpc) is 2.49. The minimum Gasteiger partial charge on any atom is -0.386 e. The summed E-state index contributed by atoms with van der Waals surface area (Å²) >= 11 is 0. The predicted molar refractivity (Wildman–Crippen MR) is 73.2 cm³/mol. The smallest absolute Gasteiger partial charge is 0.386 e. The molecule has 0 aliphatic heterocycles. The number of alkyl halides is 6. The zero-order valence-corrected chi connectivity index (χ0v) is 12.4. The van der Waals surface area contributed by atoms with Gasteiger partial charge in [-0.3, -0.25) is 0 Å². The number of fused-ring (bicyclic) bond motifs is 1. The van der Waals surface area contributed by atoms with Gasteiger partial charge in [-0.1, -0.05) is 12.1 Å². The molecule has 2 aromatic rings. The molecule has 0 bridgehead atoms. The van der Waals surface area contributed by atoms with Crippen molar-refractivity contribution in [3.63, 3.8) is 0 Å². The summed E-state index contributed by atoms with van der Waals surface area (Å²) in [5.41, 5.74) is -3.97. The third-order valence-corrected chi connectivity index (χ3v) is 3.31. The molecule has 0 aliphatic rings. The molecule has 1 N–H and O–H groups in total. The zero-order chi connectivity index (χ0) is 18.1. The van der Waals surface area contributed by atoms with Crippen LogP contribution in [0.3, 0.4) is 0 Å². The SMILES string of the molecule is CCOCC(O)c1cc(C(F)(F)F)nc2c(C(F)(F)F)cccc12. The van der Waals surface area contributed by atoms with Gasteiger partial charge < -0.3 is 9.84 Å². The summed E-state index contributed by atoms with van der Waals surface area (Å²) in [6.45, 7) is 1.46. The summed E-state index contributed by atoms with van der Waals surface area (Å²) in [4.78, 5) is 3.14. The van der Waals surface area contributed by atoms with Crippen molar-refractivity contribution in [1.29, 1.82) is 0 Å². The molecule has 0 amide bonds. The largest absolute Gasteiger partial charge is 0.433 e. The summed E-state index contributed by atoms with van der Waals surface area (Å²) < 4.78 is 83.1. The Bertz CT molecular complexity index is 726. The first-order valence-corrected chi connectivity index (χ1v) is 6.89.